The zero-order chi connectivity index (χ0) is 25.0. The summed E-state index contributed by atoms with van der Waals surface area (Å²) in [4.78, 5) is 42.2. The molecule has 0 spiro atoms. The molecule has 2 amide bonds. The first-order valence-electron chi connectivity index (χ1n) is 11.5. The first kappa shape index (κ1) is 25.7. The maximum atomic E-state index is 12.9. The van der Waals surface area contributed by atoms with Crippen LogP contribution in [0.15, 0.2) is 59.6 Å². The van der Waals surface area contributed by atoms with Crippen LogP contribution in [-0.4, -0.2) is 59.9 Å². The number of aliphatic hydroxyl groups excluding tert-OH is 1. The van der Waals surface area contributed by atoms with E-state index in [1.54, 1.807) is 36.4 Å². The number of carboxylic acids is 1. The van der Waals surface area contributed by atoms with Crippen molar-refractivity contribution in [3.05, 3.63) is 65.7 Å². The lowest BCUT2D eigenvalue weighted by Crippen LogP contribution is -2.46. The molecule has 186 valence electrons. The molecule has 1 aliphatic rings. The second kappa shape index (κ2) is 13.1. The summed E-state index contributed by atoms with van der Waals surface area (Å²) < 4.78 is 5.38. The third-order valence-electron chi connectivity index (χ3n) is 5.41. The van der Waals surface area contributed by atoms with Crippen molar-refractivity contribution in [2.45, 2.75) is 38.3 Å². The van der Waals surface area contributed by atoms with Crippen LogP contribution in [0.3, 0.4) is 0 Å². The molecule has 4 N–H and O–H groups in total. The Morgan fingerprint density at radius 2 is 1.83 bits per heavy atom. The van der Waals surface area contributed by atoms with Crippen molar-refractivity contribution in [1.29, 1.82) is 0 Å². The van der Waals surface area contributed by atoms with Gasteiger partial charge >= 0.3 is 12.1 Å². The van der Waals surface area contributed by atoms with Crippen molar-refractivity contribution in [1.82, 2.24) is 10.6 Å². The van der Waals surface area contributed by atoms with Crippen LogP contribution in [0.5, 0.6) is 0 Å². The number of ether oxygens (including phenoxy) is 1. The summed E-state index contributed by atoms with van der Waals surface area (Å²) in [7, 11) is 0. The number of aryl methyl sites for hydroxylation is 1. The summed E-state index contributed by atoms with van der Waals surface area (Å²) >= 11 is 0. The number of hydrogen-bond acceptors (Lipinski definition) is 7. The molecule has 35 heavy (non-hydrogen) atoms. The maximum Gasteiger partial charge on any atom is 0.415 e. The number of carbonyl (C=O) groups is 3. The molecule has 0 saturated carbocycles. The normalized spacial score (nSPS) is 13.7. The first-order chi connectivity index (χ1) is 17.0. The van der Waals surface area contributed by atoms with Crippen molar-refractivity contribution in [2.24, 2.45) is 4.99 Å². The number of rotatable bonds is 10. The molecule has 0 aliphatic carbocycles. The molecule has 0 radical (unpaired) electrons. The van der Waals surface area contributed by atoms with Crippen molar-refractivity contribution in [3.63, 3.8) is 0 Å². The van der Waals surface area contributed by atoms with Gasteiger partial charge in [0.05, 0.1) is 0 Å². The number of carbonyl (C=O) groups excluding carboxylic acids is 2. The Labute approximate surface area is 203 Å². The van der Waals surface area contributed by atoms with Crippen LogP contribution in [-0.2, 0) is 27.4 Å². The predicted octanol–water partition coefficient (Wildman–Crippen LogP) is 2.06. The molecule has 3 rings (SSSR count). The molecule has 1 atom stereocenters. The number of nitrogens with one attached hydrogen (secondary N) is 2. The van der Waals surface area contributed by atoms with Crippen LogP contribution in [0.4, 0.5) is 10.5 Å². The van der Waals surface area contributed by atoms with E-state index in [2.05, 4.69) is 15.6 Å². The number of aliphatic carboxylic acids is 1. The van der Waals surface area contributed by atoms with E-state index in [4.69, 9.17) is 4.74 Å². The Morgan fingerprint density at radius 1 is 1.09 bits per heavy atom. The van der Waals surface area contributed by atoms with Crippen LogP contribution in [0, 0.1) is 0 Å². The summed E-state index contributed by atoms with van der Waals surface area (Å²) in [6, 6.07) is 14.4. The smallest absolute Gasteiger partial charge is 0.415 e. The van der Waals surface area contributed by atoms with Gasteiger partial charge in [-0.2, -0.15) is 0 Å². The highest BCUT2D eigenvalue weighted by molar-refractivity contribution is 5.97. The van der Waals surface area contributed by atoms with Crippen LogP contribution in [0.1, 0.15) is 30.4 Å². The Bertz CT molecular complexity index is 1030. The van der Waals surface area contributed by atoms with Gasteiger partial charge in [-0.15, -0.1) is 0 Å². The van der Waals surface area contributed by atoms with Crippen molar-refractivity contribution in [2.75, 3.05) is 24.6 Å². The Hall–Kier alpha value is -3.92. The topological polar surface area (TPSA) is 141 Å². The first-order valence-corrected chi connectivity index (χ1v) is 11.5. The number of benzene rings is 2. The molecular formula is C25H30N4O6. The monoisotopic (exact) mass is 482 g/mol. The number of aliphatic hydroxyl groups is 1. The number of amides is 2. The highest BCUT2D eigenvalue weighted by Gasteiger charge is 2.32. The Morgan fingerprint density at radius 3 is 2.46 bits per heavy atom. The van der Waals surface area contributed by atoms with Crippen molar-refractivity contribution >= 4 is 29.6 Å². The number of guanidine groups is 1. The standard InChI is InChI=1S/C25H30N4O6/c30-16-13-21(23(32)33)29(25(34)35-17-19-5-2-1-3-6-19)20-10-7-18(8-11-20)9-12-22(31)28-24-26-14-4-15-27-24/h1-3,5-8,10-11,21,30H,4,9,12-17H2,(H,32,33)(H2,26,27,28,31)/t21-/m0/s1. The Kier molecular flexibility index (Phi) is 9.61. The van der Waals surface area contributed by atoms with Crippen molar-refractivity contribution < 1.29 is 29.3 Å². The second-order valence-electron chi connectivity index (χ2n) is 8.00. The third-order valence-corrected chi connectivity index (χ3v) is 5.41. The molecule has 2 aromatic carbocycles. The second-order valence-corrected chi connectivity index (χ2v) is 8.00. The fourth-order valence-electron chi connectivity index (χ4n) is 3.58. The van der Waals surface area contributed by atoms with Gasteiger partial charge in [0.25, 0.3) is 0 Å². The van der Waals surface area contributed by atoms with Gasteiger partial charge in [-0.05, 0) is 36.1 Å². The molecular weight excluding hydrogens is 452 g/mol. The molecule has 1 aliphatic heterocycles. The number of carboxylic acid groups (broad SMARTS) is 1. The van der Waals surface area contributed by atoms with E-state index in [0.29, 0.717) is 24.6 Å². The molecule has 0 unspecified atom stereocenters. The molecule has 2 aromatic rings. The van der Waals surface area contributed by atoms with Gasteiger partial charge < -0.3 is 20.3 Å². The van der Waals surface area contributed by atoms with Crippen molar-refractivity contribution in [3.8, 4) is 0 Å². The lowest BCUT2D eigenvalue weighted by Gasteiger charge is -2.28. The van der Waals surface area contributed by atoms with E-state index >= 15 is 0 Å². The highest BCUT2D eigenvalue weighted by Crippen LogP contribution is 2.22. The summed E-state index contributed by atoms with van der Waals surface area (Å²) in [5.41, 5.74) is 1.92. The lowest BCUT2D eigenvalue weighted by molar-refractivity contribution is -0.139. The molecule has 0 bridgehead atoms. The Balaban J connectivity index is 1.67. The molecule has 0 saturated heterocycles. The SMILES string of the molecule is O=C(CCc1ccc(N(C(=O)OCc2ccccc2)[C@@H](CCO)C(=O)O)cc1)NC1=NCCCN1. The minimum Gasteiger partial charge on any atom is -0.480 e. The molecule has 0 aromatic heterocycles. The van der Waals surface area contributed by atoms with E-state index in [1.807, 2.05) is 18.2 Å². The lowest BCUT2D eigenvalue weighted by atomic mass is 10.1. The van der Waals surface area contributed by atoms with E-state index in [-0.39, 0.29) is 25.4 Å². The number of anilines is 1. The van der Waals surface area contributed by atoms with Crippen LogP contribution in [0.2, 0.25) is 0 Å². The maximum absolute atomic E-state index is 12.9. The summed E-state index contributed by atoms with van der Waals surface area (Å²) in [5.74, 6) is -0.928. The van der Waals surface area contributed by atoms with Gasteiger partial charge in [-0.25, -0.2) is 9.59 Å². The van der Waals surface area contributed by atoms with Gasteiger partial charge in [0.15, 0.2) is 5.96 Å². The van der Waals surface area contributed by atoms with Crippen LogP contribution < -0.4 is 15.5 Å². The largest absolute Gasteiger partial charge is 0.480 e. The van der Waals surface area contributed by atoms with Gasteiger partial charge in [-0.1, -0.05) is 42.5 Å². The van der Waals surface area contributed by atoms with Gasteiger partial charge in [0.2, 0.25) is 5.91 Å². The molecule has 10 nitrogen and oxygen atoms in total. The molecule has 1 heterocycles. The predicted molar refractivity (Wildman–Crippen MR) is 130 cm³/mol. The third kappa shape index (κ3) is 7.82. The van der Waals surface area contributed by atoms with Crippen LogP contribution >= 0.6 is 0 Å². The molecule has 10 heteroatoms. The minimum atomic E-state index is -1.30. The summed E-state index contributed by atoms with van der Waals surface area (Å²) in [6.45, 7) is 1.03. The van der Waals surface area contributed by atoms with E-state index in [0.717, 1.165) is 29.0 Å². The quantitative estimate of drug-likeness (QED) is 0.406. The van der Waals surface area contributed by atoms with Gasteiger partial charge in [-0.3, -0.25) is 20.0 Å². The fourth-order valence-corrected chi connectivity index (χ4v) is 3.58. The number of nitrogens with zero attached hydrogens (tertiary/aromatic N) is 2. The zero-order valence-corrected chi connectivity index (χ0v) is 19.4. The average Bonchev–Trinajstić information content (AvgIpc) is 2.88. The number of aliphatic imine (C=N–C) groups is 1. The summed E-state index contributed by atoms with van der Waals surface area (Å²) in [6.07, 6.45) is 0.642. The summed E-state index contributed by atoms with van der Waals surface area (Å²) in [5, 5.41) is 24.8. The minimum absolute atomic E-state index is 0.0189. The van der Waals surface area contributed by atoms with E-state index in [1.165, 1.54) is 0 Å². The average molecular weight is 483 g/mol. The van der Waals surface area contributed by atoms with E-state index in [9.17, 15) is 24.6 Å². The van der Waals surface area contributed by atoms with Gasteiger partial charge in [0.1, 0.15) is 12.6 Å². The fraction of sp³-hybridized carbons (Fsp3) is 0.360. The zero-order valence-electron chi connectivity index (χ0n) is 19.4. The number of hydrogen-bond donors (Lipinski definition) is 4. The molecule has 0 fully saturated rings. The van der Waals surface area contributed by atoms with E-state index < -0.39 is 24.7 Å². The van der Waals surface area contributed by atoms with Crippen LogP contribution in [0.25, 0.3) is 0 Å². The highest BCUT2D eigenvalue weighted by atomic mass is 16.6. The van der Waals surface area contributed by atoms with Gasteiger partial charge in [0, 0.05) is 38.2 Å².